The minimum Gasteiger partial charge on any atom is -0.462 e. The molecule has 0 aliphatic carbocycles. The first-order chi connectivity index (χ1) is 39.5. The summed E-state index contributed by atoms with van der Waals surface area (Å²) in [5.41, 5.74) is 0. The highest BCUT2D eigenvalue weighted by atomic mass is 16.6. The van der Waals surface area contributed by atoms with Crippen molar-refractivity contribution in [1.29, 1.82) is 0 Å². The van der Waals surface area contributed by atoms with Crippen LogP contribution >= 0.6 is 0 Å². The number of ether oxygens (including phenoxy) is 3. The van der Waals surface area contributed by atoms with Crippen LogP contribution in [0.4, 0.5) is 0 Å². The minimum absolute atomic E-state index is 0.0941. The number of rotatable bonds is 60. The zero-order valence-corrected chi connectivity index (χ0v) is 52.3. The maximum absolute atomic E-state index is 12.9. The first-order valence-corrected chi connectivity index (χ1v) is 33.5. The molecule has 0 aromatic heterocycles. The van der Waals surface area contributed by atoms with E-state index < -0.39 is 6.10 Å². The summed E-state index contributed by atoms with van der Waals surface area (Å²) >= 11 is 0. The van der Waals surface area contributed by atoms with E-state index in [0.717, 1.165) is 128 Å². The van der Waals surface area contributed by atoms with Crippen LogP contribution in [0.5, 0.6) is 0 Å². The molecule has 0 aliphatic rings. The van der Waals surface area contributed by atoms with Gasteiger partial charge < -0.3 is 14.2 Å². The third-order valence-electron chi connectivity index (χ3n) is 14.2. The molecule has 80 heavy (non-hydrogen) atoms. The lowest BCUT2D eigenvalue weighted by Gasteiger charge is -2.18. The summed E-state index contributed by atoms with van der Waals surface area (Å²) < 4.78 is 16.9. The largest absolute Gasteiger partial charge is 0.462 e. The zero-order valence-electron chi connectivity index (χ0n) is 52.3. The predicted molar refractivity (Wildman–Crippen MR) is 348 cm³/mol. The van der Waals surface area contributed by atoms with Gasteiger partial charge in [-0.3, -0.25) is 14.4 Å². The van der Waals surface area contributed by atoms with E-state index in [0.29, 0.717) is 19.3 Å². The van der Waals surface area contributed by atoms with Gasteiger partial charge in [-0.2, -0.15) is 0 Å². The van der Waals surface area contributed by atoms with Gasteiger partial charge >= 0.3 is 17.9 Å². The molecule has 1 unspecified atom stereocenters. The van der Waals surface area contributed by atoms with Crippen molar-refractivity contribution in [3.63, 3.8) is 0 Å². The number of carbonyl (C=O) groups is 3. The van der Waals surface area contributed by atoms with Gasteiger partial charge in [-0.15, -0.1) is 0 Å². The van der Waals surface area contributed by atoms with E-state index in [-0.39, 0.29) is 31.1 Å². The summed E-state index contributed by atoms with van der Waals surface area (Å²) in [6.45, 7) is 6.49. The molecule has 0 saturated heterocycles. The Labute approximate surface area is 494 Å². The molecule has 456 valence electrons. The Bertz CT molecular complexity index is 1650. The van der Waals surface area contributed by atoms with Crippen molar-refractivity contribution in [1.82, 2.24) is 0 Å². The summed E-state index contributed by atoms with van der Waals surface area (Å²) in [5.74, 6) is -0.923. The van der Waals surface area contributed by atoms with Crippen LogP contribution in [0.1, 0.15) is 310 Å². The van der Waals surface area contributed by atoms with E-state index in [4.69, 9.17) is 14.2 Å². The highest BCUT2D eigenvalue weighted by Crippen LogP contribution is 2.15. The molecule has 0 saturated carbocycles. The molecule has 0 radical (unpaired) electrons. The van der Waals surface area contributed by atoms with Crippen LogP contribution in [-0.4, -0.2) is 37.2 Å². The van der Waals surface area contributed by atoms with Crippen LogP contribution in [0.25, 0.3) is 0 Å². The van der Waals surface area contributed by atoms with E-state index in [1.165, 1.54) is 141 Å². The minimum atomic E-state index is -0.800. The van der Waals surface area contributed by atoms with Gasteiger partial charge in [0.25, 0.3) is 0 Å². The van der Waals surface area contributed by atoms with Gasteiger partial charge in [0.2, 0.25) is 0 Å². The quantitative estimate of drug-likeness (QED) is 0.0261. The fourth-order valence-electron chi connectivity index (χ4n) is 9.15. The third kappa shape index (κ3) is 64.6. The topological polar surface area (TPSA) is 78.9 Å². The van der Waals surface area contributed by atoms with Crippen LogP contribution in [-0.2, 0) is 28.6 Å². The highest BCUT2D eigenvalue weighted by molar-refractivity contribution is 5.71. The van der Waals surface area contributed by atoms with E-state index >= 15 is 0 Å². The van der Waals surface area contributed by atoms with E-state index in [1.807, 2.05) is 0 Å². The Balaban J connectivity index is 4.47. The highest BCUT2D eigenvalue weighted by Gasteiger charge is 2.19. The van der Waals surface area contributed by atoms with Crippen molar-refractivity contribution in [2.45, 2.75) is 316 Å². The van der Waals surface area contributed by atoms with Crippen LogP contribution in [0.2, 0.25) is 0 Å². The van der Waals surface area contributed by atoms with Crippen molar-refractivity contribution in [3.05, 3.63) is 122 Å². The van der Waals surface area contributed by atoms with Crippen LogP contribution < -0.4 is 0 Å². The maximum atomic E-state index is 12.9. The van der Waals surface area contributed by atoms with Crippen molar-refractivity contribution < 1.29 is 28.6 Å². The standard InChI is InChI=1S/C74H124O6/c1-4-7-10-13-16-19-22-25-28-31-34-36-37-39-40-43-46-49-52-55-58-61-64-67-73(76)79-70-71(69-78-72(75)66-63-60-57-54-51-48-45-42-33-30-27-24-21-18-15-12-9-6-3)80-74(77)68-65-62-59-56-53-50-47-44-41-38-35-32-29-26-23-20-17-14-11-8-5-2/h7,10,16,19,21,23-26,28,30,32-36,39-40,46,49,71H,4-6,8-9,11-15,17-18,20,22,27,29,31,37-38,41-45,47-48,50-70H2,1-3H3/b10-7-,19-16-,24-21-,26-23-,28-25-,33-30-,35-32-,36-34-,40-39-,49-46-. The Morgan fingerprint density at radius 1 is 0.263 bits per heavy atom. The smallest absolute Gasteiger partial charge is 0.306 e. The third-order valence-corrected chi connectivity index (χ3v) is 14.2. The Kier molecular flexibility index (Phi) is 63.8. The fourth-order valence-corrected chi connectivity index (χ4v) is 9.15. The summed E-state index contributed by atoms with van der Waals surface area (Å²) in [6.07, 6.45) is 93.4. The molecular formula is C74H124O6. The zero-order chi connectivity index (χ0) is 57.8. The van der Waals surface area contributed by atoms with Gasteiger partial charge in [0.1, 0.15) is 13.2 Å². The summed E-state index contributed by atoms with van der Waals surface area (Å²) in [6, 6.07) is 0. The van der Waals surface area contributed by atoms with Gasteiger partial charge in [-0.1, -0.05) is 277 Å². The molecule has 6 heteroatoms. The first kappa shape index (κ1) is 75.8. The van der Waals surface area contributed by atoms with Crippen LogP contribution in [0, 0.1) is 0 Å². The number of unbranched alkanes of at least 4 members (excludes halogenated alkanes) is 29. The normalized spacial score (nSPS) is 12.9. The maximum Gasteiger partial charge on any atom is 0.306 e. The molecule has 0 fully saturated rings. The van der Waals surface area contributed by atoms with Crippen molar-refractivity contribution in [2.24, 2.45) is 0 Å². The molecule has 0 amide bonds. The van der Waals surface area contributed by atoms with Gasteiger partial charge in [-0.05, 0) is 135 Å². The van der Waals surface area contributed by atoms with Gasteiger partial charge in [-0.25, -0.2) is 0 Å². The Morgan fingerprint density at radius 2 is 0.487 bits per heavy atom. The Hall–Kier alpha value is -4.19. The van der Waals surface area contributed by atoms with Gasteiger partial charge in [0.15, 0.2) is 6.10 Å². The lowest BCUT2D eigenvalue weighted by atomic mass is 10.1. The molecule has 0 aliphatic heterocycles. The molecule has 0 bridgehead atoms. The number of hydrogen-bond acceptors (Lipinski definition) is 6. The monoisotopic (exact) mass is 1110 g/mol. The molecule has 6 nitrogen and oxygen atoms in total. The molecule has 0 rings (SSSR count). The molecule has 0 spiro atoms. The number of hydrogen-bond donors (Lipinski definition) is 0. The van der Waals surface area contributed by atoms with Crippen molar-refractivity contribution in [2.75, 3.05) is 13.2 Å². The molecule has 0 heterocycles. The lowest BCUT2D eigenvalue weighted by Crippen LogP contribution is -2.30. The summed E-state index contributed by atoms with van der Waals surface area (Å²) in [5, 5.41) is 0. The molecule has 0 aromatic carbocycles. The SMILES string of the molecule is CC/C=C\C/C=C\C/C=C\C/C=C\C/C=C\C/C=C\CCCCCCC(=O)OCC(COC(=O)CCCCCCCCC/C=C\C/C=C\CCCCCC)OC(=O)CCCCCCCCCCC/C=C\C/C=C\CCCCCCC. The van der Waals surface area contributed by atoms with Crippen molar-refractivity contribution >= 4 is 17.9 Å². The van der Waals surface area contributed by atoms with Crippen molar-refractivity contribution in [3.8, 4) is 0 Å². The second-order valence-corrected chi connectivity index (χ2v) is 22.0. The first-order valence-electron chi connectivity index (χ1n) is 33.5. The van der Waals surface area contributed by atoms with Crippen LogP contribution in [0.3, 0.4) is 0 Å². The fraction of sp³-hybridized carbons (Fsp3) is 0.689. The van der Waals surface area contributed by atoms with Gasteiger partial charge in [0, 0.05) is 19.3 Å². The second kappa shape index (κ2) is 67.3. The lowest BCUT2D eigenvalue weighted by molar-refractivity contribution is -0.167. The number of allylic oxidation sites excluding steroid dienone is 20. The summed E-state index contributed by atoms with van der Waals surface area (Å²) in [4.78, 5) is 38.4. The van der Waals surface area contributed by atoms with Crippen LogP contribution in [0.15, 0.2) is 122 Å². The average molecular weight is 1110 g/mol. The van der Waals surface area contributed by atoms with E-state index in [1.54, 1.807) is 0 Å². The van der Waals surface area contributed by atoms with Gasteiger partial charge in [0.05, 0.1) is 0 Å². The van der Waals surface area contributed by atoms with E-state index in [9.17, 15) is 14.4 Å². The summed E-state index contributed by atoms with van der Waals surface area (Å²) in [7, 11) is 0. The van der Waals surface area contributed by atoms with E-state index in [2.05, 4.69) is 142 Å². The number of esters is 3. The Morgan fingerprint density at radius 3 is 0.775 bits per heavy atom. The second-order valence-electron chi connectivity index (χ2n) is 22.0. The average Bonchev–Trinajstić information content (AvgIpc) is 3.46. The predicted octanol–water partition coefficient (Wildman–Crippen LogP) is 23.2. The number of carbonyl (C=O) groups excluding carboxylic acids is 3. The molecule has 0 aromatic rings. The molecule has 0 N–H and O–H groups in total. The molecule has 1 atom stereocenters. The molecular weight excluding hydrogens is 985 g/mol.